The Morgan fingerprint density at radius 2 is 1.71 bits per heavy atom. The van der Waals surface area contributed by atoms with Crippen LogP contribution in [0.3, 0.4) is 0 Å². The number of hydrogen-bond acceptors (Lipinski definition) is 2. The number of carbonyl (C=O) groups is 1. The summed E-state index contributed by atoms with van der Waals surface area (Å²) in [6.07, 6.45) is 10.4. The van der Waals surface area contributed by atoms with Gasteiger partial charge in [0.2, 0.25) is 5.91 Å². The van der Waals surface area contributed by atoms with Crippen LogP contribution in [0.2, 0.25) is 5.02 Å². The van der Waals surface area contributed by atoms with Crippen molar-refractivity contribution in [3.63, 3.8) is 0 Å². The second-order valence-electron chi connectivity index (χ2n) is 5.47. The summed E-state index contributed by atoms with van der Waals surface area (Å²) in [6, 6.07) is 5.27. The molecular formula is C17H27ClN2O. The van der Waals surface area contributed by atoms with Crippen molar-refractivity contribution in [2.45, 2.75) is 64.7 Å². The summed E-state index contributed by atoms with van der Waals surface area (Å²) < 4.78 is 0. The molecule has 1 aromatic carbocycles. The molecule has 0 atom stereocenters. The number of nitrogens with one attached hydrogen (secondary N) is 1. The number of unbranched alkanes of at least 4 members (excludes halogenated alkanes) is 7. The number of benzene rings is 1. The quantitative estimate of drug-likeness (QED) is 0.449. The third-order valence-electron chi connectivity index (χ3n) is 3.58. The Morgan fingerprint density at radius 1 is 1.10 bits per heavy atom. The Morgan fingerprint density at radius 3 is 2.38 bits per heavy atom. The first-order chi connectivity index (χ1) is 10.1. The predicted octanol–water partition coefficient (Wildman–Crippen LogP) is 5.39. The Balaban J connectivity index is 2.13. The summed E-state index contributed by atoms with van der Waals surface area (Å²) >= 11 is 5.92. The zero-order valence-electron chi connectivity index (χ0n) is 13.0. The highest BCUT2D eigenvalue weighted by molar-refractivity contribution is 6.33. The fourth-order valence-electron chi connectivity index (χ4n) is 2.28. The van der Waals surface area contributed by atoms with E-state index in [2.05, 4.69) is 12.2 Å². The van der Waals surface area contributed by atoms with Gasteiger partial charge in [-0.2, -0.15) is 0 Å². The third-order valence-corrected chi connectivity index (χ3v) is 3.91. The van der Waals surface area contributed by atoms with E-state index in [1.807, 2.05) is 0 Å². The second-order valence-corrected chi connectivity index (χ2v) is 5.88. The molecule has 0 saturated heterocycles. The van der Waals surface area contributed by atoms with Gasteiger partial charge in [0.25, 0.3) is 0 Å². The summed E-state index contributed by atoms with van der Waals surface area (Å²) in [6.45, 7) is 2.23. The van der Waals surface area contributed by atoms with E-state index in [1.165, 1.54) is 38.5 Å². The molecule has 1 aromatic rings. The fourth-order valence-corrected chi connectivity index (χ4v) is 2.45. The minimum Gasteiger partial charge on any atom is -0.396 e. The van der Waals surface area contributed by atoms with Crippen LogP contribution in [0.5, 0.6) is 0 Å². The molecule has 0 saturated carbocycles. The lowest BCUT2D eigenvalue weighted by Gasteiger charge is -2.09. The zero-order chi connectivity index (χ0) is 15.5. The molecule has 0 heterocycles. The van der Waals surface area contributed by atoms with Crippen LogP contribution in [0.15, 0.2) is 18.2 Å². The SMILES string of the molecule is CCCCCCCCCCC(=O)Nc1cccc(Cl)c1N. The zero-order valence-corrected chi connectivity index (χ0v) is 13.7. The monoisotopic (exact) mass is 310 g/mol. The maximum Gasteiger partial charge on any atom is 0.224 e. The van der Waals surface area contributed by atoms with Gasteiger partial charge in [0, 0.05) is 6.42 Å². The Bertz CT molecular complexity index is 435. The van der Waals surface area contributed by atoms with Gasteiger partial charge < -0.3 is 11.1 Å². The maximum absolute atomic E-state index is 11.8. The van der Waals surface area contributed by atoms with E-state index in [4.69, 9.17) is 17.3 Å². The van der Waals surface area contributed by atoms with Crippen molar-refractivity contribution in [3.8, 4) is 0 Å². The molecule has 0 aliphatic carbocycles. The molecule has 3 N–H and O–H groups in total. The Labute approximate surface area is 133 Å². The molecule has 0 aliphatic heterocycles. The lowest BCUT2D eigenvalue weighted by molar-refractivity contribution is -0.116. The van der Waals surface area contributed by atoms with Crippen LogP contribution >= 0.6 is 11.6 Å². The summed E-state index contributed by atoms with van der Waals surface area (Å²) in [4.78, 5) is 11.8. The van der Waals surface area contributed by atoms with Gasteiger partial charge in [-0.15, -0.1) is 0 Å². The highest BCUT2D eigenvalue weighted by Crippen LogP contribution is 2.26. The highest BCUT2D eigenvalue weighted by atomic mass is 35.5. The molecule has 0 radical (unpaired) electrons. The van der Waals surface area contributed by atoms with Gasteiger partial charge in [0.05, 0.1) is 16.4 Å². The molecule has 0 bridgehead atoms. The van der Waals surface area contributed by atoms with Crippen molar-refractivity contribution < 1.29 is 4.79 Å². The number of nitrogen functional groups attached to an aromatic ring is 1. The summed E-state index contributed by atoms with van der Waals surface area (Å²) in [5, 5.41) is 3.29. The molecular weight excluding hydrogens is 284 g/mol. The number of carbonyl (C=O) groups excluding carboxylic acids is 1. The number of rotatable bonds is 10. The molecule has 1 amide bonds. The van der Waals surface area contributed by atoms with Crippen LogP contribution in [0.4, 0.5) is 11.4 Å². The van der Waals surface area contributed by atoms with Crippen molar-refractivity contribution in [2.75, 3.05) is 11.1 Å². The Kier molecular flexibility index (Phi) is 8.91. The van der Waals surface area contributed by atoms with Gasteiger partial charge in [-0.05, 0) is 18.6 Å². The molecule has 0 aliphatic rings. The fraction of sp³-hybridized carbons (Fsp3) is 0.588. The van der Waals surface area contributed by atoms with Crippen molar-refractivity contribution in [1.29, 1.82) is 0 Å². The van der Waals surface area contributed by atoms with Gasteiger partial charge >= 0.3 is 0 Å². The number of hydrogen-bond donors (Lipinski definition) is 2. The van der Waals surface area contributed by atoms with E-state index in [9.17, 15) is 4.79 Å². The molecule has 0 aromatic heterocycles. The molecule has 4 heteroatoms. The molecule has 1 rings (SSSR count). The summed E-state index contributed by atoms with van der Waals surface area (Å²) in [7, 11) is 0. The normalized spacial score (nSPS) is 10.6. The van der Waals surface area contributed by atoms with Crippen LogP contribution in [0.1, 0.15) is 64.7 Å². The van der Waals surface area contributed by atoms with E-state index in [-0.39, 0.29) is 5.91 Å². The summed E-state index contributed by atoms with van der Waals surface area (Å²) in [5.41, 5.74) is 6.86. The summed E-state index contributed by atoms with van der Waals surface area (Å²) in [5.74, 6) is 0.00921. The van der Waals surface area contributed by atoms with Gasteiger partial charge in [0.1, 0.15) is 0 Å². The van der Waals surface area contributed by atoms with Gasteiger partial charge in [-0.25, -0.2) is 0 Å². The van der Waals surface area contributed by atoms with E-state index < -0.39 is 0 Å². The van der Waals surface area contributed by atoms with E-state index in [1.54, 1.807) is 18.2 Å². The maximum atomic E-state index is 11.8. The second kappa shape index (κ2) is 10.5. The molecule has 3 nitrogen and oxygen atoms in total. The van der Waals surface area contributed by atoms with Crippen molar-refractivity contribution in [1.82, 2.24) is 0 Å². The number of anilines is 2. The smallest absolute Gasteiger partial charge is 0.224 e. The van der Waals surface area contributed by atoms with Crippen LogP contribution < -0.4 is 11.1 Å². The van der Waals surface area contributed by atoms with E-state index >= 15 is 0 Å². The lowest BCUT2D eigenvalue weighted by Crippen LogP contribution is -2.12. The molecule has 0 unspecified atom stereocenters. The topological polar surface area (TPSA) is 55.1 Å². The van der Waals surface area contributed by atoms with Crippen LogP contribution in [0.25, 0.3) is 0 Å². The first-order valence-electron chi connectivity index (χ1n) is 7.99. The average molecular weight is 311 g/mol. The molecule has 0 fully saturated rings. The third kappa shape index (κ3) is 7.37. The van der Waals surface area contributed by atoms with E-state index in [0.29, 0.717) is 22.8 Å². The van der Waals surface area contributed by atoms with Gasteiger partial charge in [-0.3, -0.25) is 4.79 Å². The molecule has 0 spiro atoms. The molecule has 21 heavy (non-hydrogen) atoms. The van der Waals surface area contributed by atoms with Crippen molar-refractivity contribution in [3.05, 3.63) is 23.2 Å². The first kappa shape index (κ1) is 17.8. The molecule has 118 valence electrons. The van der Waals surface area contributed by atoms with Crippen LogP contribution in [-0.2, 0) is 4.79 Å². The predicted molar refractivity (Wildman–Crippen MR) is 91.7 cm³/mol. The van der Waals surface area contributed by atoms with Gasteiger partial charge in [-0.1, -0.05) is 69.5 Å². The van der Waals surface area contributed by atoms with Gasteiger partial charge in [0.15, 0.2) is 0 Å². The Hall–Kier alpha value is -1.22. The number of amides is 1. The number of para-hydroxylation sites is 1. The number of nitrogens with two attached hydrogens (primary N) is 1. The van der Waals surface area contributed by atoms with Crippen molar-refractivity contribution >= 4 is 28.9 Å². The minimum absolute atomic E-state index is 0.00921. The van der Waals surface area contributed by atoms with Crippen LogP contribution in [0, 0.1) is 0 Å². The standard InChI is InChI=1S/C17H27ClN2O/c1-2-3-4-5-6-7-8-9-13-16(21)20-15-12-10-11-14(18)17(15)19/h10-12H,2-9,13,19H2,1H3,(H,20,21). The first-order valence-corrected chi connectivity index (χ1v) is 8.36. The minimum atomic E-state index is 0.00921. The van der Waals surface area contributed by atoms with Crippen molar-refractivity contribution in [2.24, 2.45) is 0 Å². The van der Waals surface area contributed by atoms with E-state index in [0.717, 1.165) is 12.8 Å². The van der Waals surface area contributed by atoms with Crippen LogP contribution in [-0.4, -0.2) is 5.91 Å². The average Bonchev–Trinajstić information content (AvgIpc) is 2.47. The highest BCUT2D eigenvalue weighted by Gasteiger charge is 2.07. The largest absolute Gasteiger partial charge is 0.396 e. The lowest BCUT2D eigenvalue weighted by atomic mass is 10.1. The number of halogens is 1.